The molecule has 2 N–H and O–H groups in total. The van der Waals surface area contributed by atoms with E-state index in [1.54, 1.807) is 0 Å². The summed E-state index contributed by atoms with van der Waals surface area (Å²) < 4.78 is 3.75. The molecule has 2 aromatic heterocycles. The largest absolute Gasteiger partial charge is 0.344 e. The third-order valence-electron chi connectivity index (χ3n) is 9.13. The molecule has 2 heterocycles. The van der Waals surface area contributed by atoms with E-state index in [1.807, 2.05) is 127 Å². The van der Waals surface area contributed by atoms with Crippen LogP contribution < -0.4 is 10.6 Å². The van der Waals surface area contributed by atoms with Gasteiger partial charge >= 0.3 is 0 Å². The van der Waals surface area contributed by atoms with E-state index >= 15 is 0 Å². The second-order valence-corrected chi connectivity index (χ2v) is 16.5. The first-order chi connectivity index (χ1) is 27.0. The van der Waals surface area contributed by atoms with Crippen molar-refractivity contribution in [1.82, 2.24) is 25.1 Å². The van der Waals surface area contributed by atoms with Gasteiger partial charge in [-0.1, -0.05) is 145 Å². The van der Waals surface area contributed by atoms with Crippen LogP contribution in [0.5, 0.6) is 0 Å². The fraction of sp³-hybridized carbons (Fsp3) is 0.114. The van der Waals surface area contributed by atoms with Gasteiger partial charge in [0, 0.05) is 17.8 Å². The van der Waals surface area contributed by atoms with Gasteiger partial charge < -0.3 is 10.6 Å². The van der Waals surface area contributed by atoms with Gasteiger partial charge in [0.25, 0.3) is 0 Å². The zero-order valence-corrected chi connectivity index (χ0v) is 32.3. The van der Waals surface area contributed by atoms with E-state index in [2.05, 4.69) is 57.2 Å². The highest BCUT2D eigenvalue weighted by atomic mass is 32.2. The molecule has 0 aliphatic rings. The van der Waals surface area contributed by atoms with Crippen molar-refractivity contribution >= 4 is 73.4 Å². The van der Waals surface area contributed by atoms with Crippen LogP contribution in [0.25, 0.3) is 26.7 Å². The van der Waals surface area contributed by atoms with Crippen LogP contribution in [0.1, 0.15) is 35.5 Å². The molecule has 11 heteroatoms. The van der Waals surface area contributed by atoms with Crippen molar-refractivity contribution in [3.05, 3.63) is 174 Å². The highest BCUT2D eigenvalue weighted by Crippen LogP contribution is 2.33. The topological polar surface area (TPSA) is 102 Å². The lowest BCUT2D eigenvalue weighted by Gasteiger charge is -2.19. The quantitative estimate of drug-likeness (QED) is 0.113. The molecule has 1 atom stereocenters. The fourth-order valence-corrected chi connectivity index (χ4v) is 9.23. The van der Waals surface area contributed by atoms with Gasteiger partial charge in [0.15, 0.2) is 9.50 Å². The Labute approximate surface area is 331 Å². The molecule has 8 rings (SSSR count). The maximum absolute atomic E-state index is 13.6. The molecule has 8 aromatic rings. The number of para-hydroxylation sites is 1. The molecule has 0 bridgehead atoms. The highest BCUT2D eigenvalue weighted by molar-refractivity contribution is 8.01. The third-order valence-corrected chi connectivity index (χ3v) is 12.3. The van der Waals surface area contributed by atoms with Gasteiger partial charge in [-0.2, -0.15) is 0 Å². The van der Waals surface area contributed by atoms with Crippen molar-refractivity contribution in [3.63, 3.8) is 0 Å². The lowest BCUT2D eigenvalue weighted by atomic mass is 9.99. The predicted molar refractivity (Wildman–Crippen MR) is 225 cm³/mol. The zero-order valence-electron chi connectivity index (χ0n) is 29.8. The number of thioether (sulfide) groups is 2. The second kappa shape index (κ2) is 16.7. The van der Waals surface area contributed by atoms with Crippen molar-refractivity contribution in [2.75, 3.05) is 11.1 Å². The van der Waals surface area contributed by atoms with Gasteiger partial charge in [-0.25, -0.2) is 4.98 Å². The Kier molecular flexibility index (Phi) is 11.0. The molecule has 55 heavy (non-hydrogen) atoms. The van der Waals surface area contributed by atoms with Crippen LogP contribution in [-0.2, 0) is 16.0 Å². The van der Waals surface area contributed by atoms with Crippen LogP contribution in [0.2, 0.25) is 0 Å². The normalized spacial score (nSPS) is 11.9. The van der Waals surface area contributed by atoms with Crippen LogP contribution in [-0.4, -0.2) is 42.6 Å². The van der Waals surface area contributed by atoms with E-state index in [4.69, 9.17) is 4.98 Å². The number of carbonyl (C=O) groups is 2. The number of aromatic nitrogens is 4. The van der Waals surface area contributed by atoms with Crippen molar-refractivity contribution < 1.29 is 9.59 Å². The van der Waals surface area contributed by atoms with E-state index in [0.717, 1.165) is 42.8 Å². The number of hydrogen-bond acceptors (Lipinski definition) is 8. The molecule has 0 spiro atoms. The first-order valence-corrected chi connectivity index (χ1v) is 20.5. The molecule has 0 radical (unpaired) electrons. The number of anilines is 1. The fourth-order valence-electron chi connectivity index (χ4n) is 6.42. The smallest absolute Gasteiger partial charge is 0.237 e. The van der Waals surface area contributed by atoms with Gasteiger partial charge in [-0.05, 0) is 64.7 Å². The number of benzene rings is 6. The summed E-state index contributed by atoms with van der Waals surface area (Å²) in [6.07, 6.45) is 0.589. The average molecular weight is 777 g/mol. The Bertz CT molecular complexity index is 2530. The number of amides is 2. The summed E-state index contributed by atoms with van der Waals surface area (Å²) in [7, 11) is 0. The second-order valence-electron chi connectivity index (χ2n) is 12.9. The van der Waals surface area contributed by atoms with E-state index < -0.39 is 5.25 Å². The number of hydrogen-bond donors (Lipinski definition) is 2. The third kappa shape index (κ3) is 8.49. The Morgan fingerprint density at radius 3 is 2.18 bits per heavy atom. The molecule has 272 valence electrons. The van der Waals surface area contributed by atoms with Crippen LogP contribution >= 0.6 is 34.9 Å². The standard InChI is InChI=1S/C44H36N6O2S3/c1-29(54-43-49-48-39(50(43)35-21-9-4-10-22-35)26-33-20-13-19-30-14-11-12-23-36(30)33)42(52)45-34-24-25-37-38(27-34)55-44(46-37)53-28-40(51)47-41(31-15-5-2-6-16-31)32-17-7-3-8-18-32/h2-25,27,29,41H,26,28H2,1H3,(H,45,52)(H,47,51)/t29-/m0/s1. The summed E-state index contributed by atoms with van der Waals surface area (Å²) in [6, 6.07) is 50.1. The van der Waals surface area contributed by atoms with Gasteiger partial charge in [-0.3, -0.25) is 14.2 Å². The summed E-state index contributed by atoms with van der Waals surface area (Å²) in [4.78, 5) is 31.5. The molecular weight excluding hydrogens is 741 g/mol. The monoisotopic (exact) mass is 776 g/mol. The van der Waals surface area contributed by atoms with E-state index in [-0.39, 0.29) is 23.6 Å². The Hall–Kier alpha value is -5.75. The molecule has 6 aromatic carbocycles. The van der Waals surface area contributed by atoms with Crippen molar-refractivity contribution in [2.45, 2.75) is 34.1 Å². The molecule has 0 saturated heterocycles. The summed E-state index contributed by atoms with van der Waals surface area (Å²) in [5, 5.41) is 18.0. The first-order valence-electron chi connectivity index (χ1n) is 17.8. The van der Waals surface area contributed by atoms with Crippen LogP contribution in [0.15, 0.2) is 161 Å². The predicted octanol–water partition coefficient (Wildman–Crippen LogP) is 9.74. The van der Waals surface area contributed by atoms with Gasteiger partial charge in [0.05, 0.1) is 27.3 Å². The minimum absolute atomic E-state index is 0.0785. The number of carbonyl (C=O) groups excluding carboxylic acids is 2. The van der Waals surface area contributed by atoms with Gasteiger partial charge in [0.1, 0.15) is 5.82 Å². The number of thiazole rings is 1. The summed E-state index contributed by atoms with van der Waals surface area (Å²) >= 11 is 4.28. The lowest BCUT2D eigenvalue weighted by molar-refractivity contribution is -0.119. The van der Waals surface area contributed by atoms with Crippen molar-refractivity contribution in [2.24, 2.45) is 0 Å². The van der Waals surface area contributed by atoms with Crippen LogP contribution in [0.4, 0.5) is 5.69 Å². The molecular formula is C44H36N6O2S3. The molecule has 0 aliphatic carbocycles. The van der Waals surface area contributed by atoms with E-state index in [9.17, 15) is 9.59 Å². The number of nitrogens with one attached hydrogen (secondary N) is 2. The van der Waals surface area contributed by atoms with Gasteiger partial charge in [0.2, 0.25) is 11.8 Å². The summed E-state index contributed by atoms with van der Waals surface area (Å²) in [5.74, 6) is 0.799. The molecule has 0 aliphatic heterocycles. The Balaban J connectivity index is 0.928. The molecule has 0 fully saturated rings. The van der Waals surface area contributed by atoms with Crippen molar-refractivity contribution in [3.8, 4) is 5.69 Å². The summed E-state index contributed by atoms with van der Waals surface area (Å²) in [5.41, 5.74) is 5.63. The maximum Gasteiger partial charge on any atom is 0.237 e. The number of rotatable bonds is 13. The van der Waals surface area contributed by atoms with E-state index in [1.165, 1.54) is 45.6 Å². The number of nitrogens with zero attached hydrogens (tertiary/aromatic N) is 4. The lowest BCUT2D eigenvalue weighted by Crippen LogP contribution is -2.30. The highest BCUT2D eigenvalue weighted by Gasteiger charge is 2.23. The molecule has 2 amide bonds. The molecule has 8 nitrogen and oxygen atoms in total. The first kappa shape index (κ1) is 36.2. The van der Waals surface area contributed by atoms with Crippen molar-refractivity contribution in [1.29, 1.82) is 0 Å². The van der Waals surface area contributed by atoms with Gasteiger partial charge in [-0.15, -0.1) is 21.5 Å². The van der Waals surface area contributed by atoms with E-state index in [0.29, 0.717) is 17.3 Å². The average Bonchev–Trinajstić information content (AvgIpc) is 3.83. The number of fused-ring (bicyclic) bond motifs is 2. The SMILES string of the molecule is C[C@H](Sc1nnc(Cc2cccc3ccccc23)n1-c1ccccc1)C(=O)Nc1ccc2nc(SCC(=O)NC(c3ccccc3)c3ccccc3)sc2c1. The maximum atomic E-state index is 13.6. The summed E-state index contributed by atoms with van der Waals surface area (Å²) in [6.45, 7) is 1.87. The Morgan fingerprint density at radius 2 is 1.44 bits per heavy atom. The zero-order chi connectivity index (χ0) is 37.6. The minimum atomic E-state index is -0.463. The van der Waals surface area contributed by atoms with Crippen LogP contribution in [0.3, 0.4) is 0 Å². The molecule has 0 unspecified atom stereocenters. The van der Waals surface area contributed by atoms with Crippen LogP contribution in [0, 0.1) is 0 Å². The molecule has 0 saturated carbocycles. The minimum Gasteiger partial charge on any atom is -0.344 e. The Morgan fingerprint density at radius 1 is 0.764 bits per heavy atom.